The molecule has 0 saturated carbocycles. The Bertz CT molecular complexity index is 2830. The first-order valence-electron chi connectivity index (χ1n) is 17.1. The molecule has 0 aliphatic heterocycles. The van der Waals surface area contributed by atoms with Crippen LogP contribution in [0.5, 0.6) is 0 Å². The van der Waals surface area contributed by atoms with E-state index in [1.54, 1.807) is 0 Å². The number of rotatable bonds is 5. The van der Waals surface area contributed by atoms with Crippen LogP contribution < -0.4 is 4.90 Å². The number of anilines is 3. The van der Waals surface area contributed by atoms with E-state index in [4.69, 9.17) is 4.42 Å². The van der Waals surface area contributed by atoms with Crippen molar-refractivity contribution < 1.29 is 4.42 Å². The van der Waals surface area contributed by atoms with Crippen LogP contribution in [0.2, 0.25) is 0 Å². The molecule has 0 fully saturated rings. The molecule has 2 nitrogen and oxygen atoms in total. The second kappa shape index (κ2) is 11.5. The number of para-hydroxylation sites is 3. The predicted octanol–water partition coefficient (Wildman–Crippen LogP) is 13.8. The molecule has 10 rings (SSSR count). The van der Waals surface area contributed by atoms with Crippen molar-refractivity contribution in [3.63, 3.8) is 0 Å². The molecule has 0 saturated heterocycles. The van der Waals surface area contributed by atoms with E-state index in [9.17, 15) is 0 Å². The maximum absolute atomic E-state index is 6.42. The van der Waals surface area contributed by atoms with Gasteiger partial charge in [0.25, 0.3) is 0 Å². The molecular weight excluding hydrogens is 607 g/mol. The standard InChI is InChI=1S/C48H31NO/c1-2-13-32(14-3-1)36-15-8-10-23-46(36)49(35-29-30-42-40-18-5-4-16-38(40)39-17-6-7-19-41(39)45(42)31-35)34-27-25-33(26-28-34)37-21-12-22-44-43-20-9-11-24-47(43)50-48(37)44/h1-31H. The van der Waals surface area contributed by atoms with Gasteiger partial charge < -0.3 is 9.32 Å². The quantitative estimate of drug-likeness (QED) is 0.175. The molecule has 1 heterocycles. The average Bonchev–Trinajstić information content (AvgIpc) is 3.58. The van der Waals surface area contributed by atoms with Crippen molar-refractivity contribution >= 4 is 71.3 Å². The lowest BCUT2D eigenvalue weighted by Gasteiger charge is -2.28. The zero-order chi connectivity index (χ0) is 33.0. The van der Waals surface area contributed by atoms with Crippen molar-refractivity contribution in [2.75, 3.05) is 4.90 Å². The third-order valence-corrected chi connectivity index (χ3v) is 10.1. The van der Waals surface area contributed by atoms with Gasteiger partial charge in [0, 0.05) is 33.3 Å². The van der Waals surface area contributed by atoms with Crippen molar-refractivity contribution in [2.45, 2.75) is 0 Å². The van der Waals surface area contributed by atoms with Crippen LogP contribution in [-0.2, 0) is 0 Å². The number of fused-ring (bicyclic) bond motifs is 9. The van der Waals surface area contributed by atoms with Gasteiger partial charge in [-0.1, -0.05) is 152 Å². The van der Waals surface area contributed by atoms with Crippen LogP contribution >= 0.6 is 0 Å². The van der Waals surface area contributed by atoms with Crippen molar-refractivity contribution in [3.05, 3.63) is 188 Å². The molecular formula is C48H31NO. The number of benzene rings is 9. The van der Waals surface area contributed by atoms with Crippen LogP contribution in [0.15, 0.2) is 192 Å². The first-order valence-corrected chi connectivity index (χ1v) is 17.1. The van der Waals surface area contributed by atoms with E-state index in [2.05, 4.69) is 181 Å². The van der Waals surface area contributed by atoms with E-state index in [1.807, 2.05) is 12.1 Å². The fourth-order valence-electron chi connectivity index (χ4n) is 7.76. The van der Waals surface area contributed by atoms with Gasteiger partial charge in [-0.05, 0) is 79.8 Å². The fourth-order valence-corrected chi connectivity index (χ4v) is 7.76. The molecule has 9 aromatic carbocycles. The number of furan rings is 1. The normalized spacial score (nSPS) is 11.6. The van der Waals surface area contributed by atoms with Gasteiger partial charge in [0.15, 0.2) is 0 Å². The molecule has 1 aromatic heterocycles. The Hall–Kier alpha value is -6.64. The minimum absolute atomic E-state index is 0.909. The minimum atomic E-state index is 0.909. The van der Waals surface area contributed by atoms with E-state index >= 15 is 0 Å². The van der Waals surface area contributed by atoms with Gasteiger partial charge in [-0.25, -0.2) is 0 Å². The summed E-state index contributed by atoms with van der Waals surface area (Å²) in [6, 6.07) is 67.5. The summed E-state index contributed by atoms with van der Waals surface area (Å²) in [4.78, 5) is 2.40. The summed E-state index contributed by atoms with van der Waals surface area (Å²) in [6.45, 7) is 0. The second-order valence-electron chi connectivity index (χ2n) is 12.9. The predicted molar refractivity (Wildman–Crippen MR) is 212 cm³/mol. The summed E-state index contributed by atoms with van der Waals surface area (Å²) in [7, 11) is 0. The summed E-state index contributed by atoms with van der Waals surface area (Å²) in [5.41, 5.74) is 9.69. The molecule has 2 heteroatoms. The Morgan fingerprint density at radius 2 is 0.840 bits per heavy atom. The SMILES string of the molecule is c1ccc(-c2ccccc2N(c2ccc(-c3cccc4c3oc3ccccc34)cc2)c2ccc3c4ccccc4c4ccccc4c3c2)cc1. The largest absolute Gasteiger partial charge is 0.455 e. The summed E-state index contributed by atoms with van der Waals surface area (Å²) in [5.74, 6) is 0. The maximum atomic E-state index is 6.42. The highest BCUT2D eigenvalue weighted by Gasteiger charge is 2.19. The lowest BCUT2D eigenvalue weighted by Crippen LogP contribution is -2.11. The van der Waals surface area contributed by atoms with E-state index in [0.717, 1.165) is 50.1 Å². The zero-order valence-electron chi connectivity index (χ0n) is 27.3. The number of hydrogen-bond acceptors (Lipinski definition) is 2. The number of hydrogen-bond donors (Lipinski definition) is 0. The Morgan fingerprint density at radius 3 is 1.58 bits per heavy atom. The minimum Gasteiger partial charge on any atom is -0.455 e. The van der Waals surface area contributed by atoms with Gasteiger partial charge in [-0.3, -0.25) is 0 Å². The lowest BCUT2D eigenvalue weighted by atomic mass is 9.93. The van der Waals surface area contributed by atoms with Crippen LogP contribution in [0.1, 0.15) is 0 Å². The monoisotopic (exact) mass is 637 g/mol. The Morgan fingerprint density at radius 1 is 0.320 bits per heavy atom. The molecule has 234 valence electrons. The van der Waals surface area contributed by atoms with Gasteiger partial charge in [0.2, 0.25) is 0 Å². The van der Waals surface area contributed by atoms with Crippen molar-refractivity contribution in [2.24, 2.45) is 0 Å². The van der Waals surface area contributed by atoms with E-state index in [1.165, 1.54) is 43.4 Å². The second-order valence-corrected chi connectivity index (χ2v) is 12.9. The first kappa shape index (κ1) is 28.4. The zero-order valence-corrected chi connectivity index (χ0v) is 27.3. The van der Waals surface area contributed by atoms with Crippen LogP contribution in [0, 0.1) is 0 Å². The topological polar surface area (TPSA) is 16.4 Å². The Kier molecular flexibility index (Phi) is 6.53. The third-order valence-electron chi connectivity index (χ3n) is 10.1. The maximum Gasteiger partial charge on any atom is 0.143 e. The third kappa shape index (κ3) is 4.50. The molecule has 0 spiro atoms. The van der Waals surface area contributed by atoms with E-state index in [0.29, 0.717) is 0 Å². The summed E-state index contributed by atoms with van der Waals surface area (Å²) < 4.78 is 6.42. The summed E-state index contributed by atoms with van der Waals surface area (Å²) in [5, 5.41) is 9.86. The Balaban J connectivity index is 1.19. The van der Waals surface area contributed by atoms with Crippen LogP contribution in [-0.4, -0.2) is 0 Å². The van der Waals surface area contributed by atoms with Gasteiger partial charge in [-0.2, -0.15) is 0 Å². The Labute approximate surface area is 290 Å². The number of nitrogens with zero attached hydrogens (tertiary/aromatic N) is 1. The van der Waals surface area contributed by atoms with Gasteiger partial charge in [-0.15, -0.1) is 0 Å². The molecule has 0 radical (unpaired) electrons. The van der Waals surface area contributed by atoms with Crippen molar-refractivity contribution in [1.29, 1.82) is 0 Å². The van der Waals surface area contributed by atoms with Crippen molar-refractivity contribution in [3.8, 4) is 22.3 Å². The molecule has 0 amide bonds. The molecule has 0 aliphatic rings. The molecule has 50 heavy (non-hydrogen) atoms. The first-order chi connectivity index (χ1) is 24.8. The van der Waals surface area contributed by atoms with Gasteiger partial charge in [0.05, 0.1) is 5.69 Å². The van der Waals surface area contributed by atoms with Crippen LogP contribution in [0.3, 0.4) is 0 Å². The molecule has 0 bridgehead atoms. The van der Waals surface area contributed by atoms with E-state index < -0.39 is 0 Å². The smallest absolute Gasteiger partial charge is 0.143 e. The summed E-state index contributed by atoms with van der Waals surface area (Å²) >= 11 is 0. The molecule has 0 unspecified atom stereocenters. The molecule has 0 N–H and O–H groups in total. The highest BCUT2D eigenvalue weighted by Crippen LogP contribution is 2.44. The summed E-state index contributed by atoms with van der Waals surface area (Å²) in [6.07, 6.45) is 0. The molecule has 0 atom stereocenters. The van der Waals surface area contributed by atoms with Crippen LogP contribution in [0.25, 0.3) is 76.5 Å². The molecule has 0 aliphatic carbocycles. The van der Waals surface area contributed by atoms with E-state index in [-0.39, 0.29) is 0 Å². The van der Waals surface area contributed by atoms with Crippen LogP contribution in [0.4, 0.5) is 17.1 Å². The lowest BCUT2D eigenvalue weighted by molar-refractivity contribution is 0.670. The van der Waals surface area contributed by atoms with Gasteiger partial charge >= 0.3 is 0 Å². The van der Waals surface area contributed by atoms with Crippen molar-refractivity contribution in [1.82, 2.24) is 0 Å². The average molecular weight is 638 g/mol. The van der Waals surface area contributed by atoms with Gasteiger partial charge in [0.1, 0.15) is 11.2 Å². The molecule has 10 aromatic rings. The fraction of sp³-hybridized carbons (Fsp3) is 0. The highest BCUT2D eigenvalue weighted by atomic mass is 16.3. The highest BCUT2D eigenvalue weighted by molar-refractivity contribution is 6.25.